The Morgan fingerprint density at radius 2 is 1.22 bits per heavy atom. The van der Waals surface area contributed by atoms with Crippen molar-refractivity contribution in [2.75, 3.05) is 0 Å². The van der Waals surface area contributed by atoms with E-state index >= 15 is 0 Å². The van der Waals surface area contributed by atoms with Gasteiger partial charge in [-0.1, -0.05) is 109 Å². The number of nitrogens with zero attached hydrogens (tertiary/aromatic N) is 2. The highest BCUT2D eigenvalue weighted by Crippen LogP contribution is 2.42. The molecule has 2 heterocycles. The van der Waals surface area contributed by atoms with E-state index in [9.17, 15) is 0 Å². The van der Waals surface area contributed by atoms with Crippen LogP contribution < -0.4 is 0 Å². The fourth-order valence-electron chi connectivity index (χ4n) is 5.54. The Morgan fingerprint density at radius 1 is 0.486 bits per heavy atom. The SMILES string of the molecule is c1ccc(-c2nc(-c3cccc4ccc5c6ccccc6sc5c34)nc3c2ccc2ccccc23)cc1. The molecule has 2 aromatic heterocycles. The molecule has 8 aromatic rings. The van der Waals surface area contributed by atoms with Gasteiger partial charge >= 0.3 is 0 Å². The summed E-state index contributed by atoms with van der Waals surface area (Å²) in [5.41, 5.74) is 4.12. The van der Waals surface area contributed by atoms with Crippen LogP contribution in [0.2, 0.25) is 0 Å². The summed E-state index contributed by atoms with van der Waals surface area (Å²) in [7, 11) is 0. The predicted molar refractivity (Wildman–Crippen MR) is 158 cm³/mol. The van der Waals surface area contributed by atoms with Crippen molar-refractivity contribution < 1.29 is 0 Å². The van der Waals surface area contributed by atoms with Crippen molar-refractivity contribution in [3.8, 4) is 22.6 Å². The lowest BCUT2D eigenvalue weighted by molar-refractivity contribution is 1.24. The average Bonchev–Trinajstić information content (AvgIpc) is 3.36. The maximum atomic E-state index is 5.26. The van der Waals surface area contributed by atoms with Gasteiger partial charge in [0, 0.05) is 47.5 Å². The summed E-state index contributed by atoms with van der Waals surface area (Å²) in [5, 5.41) is 8.42. The van der Waals surface area contributed by atoms with Crippen LogP contribution in [0.1, 0.15) is 0 Å². The van der Waals surface area contributed by atoms with Crippen LogP contribution in [-0.4, -0.2) is 9.97 Å². The minimum atomic E-state index is 0.762. The van der Waals surface area contributed by atoms with Crippen LogP contribution in [0.3, 0.4) is 0 Å². The number of fused-ring (bicyclic) bond motifs is 8. The number of benzene rings is 6. The van der Waals surface area contributed by atoms with E-state index in [-0.39, 0.29) is 0 Å². The monoisotopic (exact) mass is 488 g/mol. The van der Waals surface area contributed by atoms with E-state index in [1.807, 2.05) is 17.4 Å². The molecule has 2 nitrogen and oxygen atoms in total. The topological polar surface area (TPSA) is 25.8 Å². The van der Waals surface area contributed by atoms with Crippen LogP contribution in [-0.2, 0) is 0 Å². The molecular weight excluding hydrogens is 468 g/mol. The Morgan fingerprint density at radius 3 is 2.14 bits per heavy atom. The Bertz CT molecular complexity index is 2140. The molecule has 0 radical (unpaired) electrons. The molecular formula is C34H20N2S. The fraction of sp³-hybridized carbons (Fsp3) is 0. The second-order valence-corrected chi connectivity index (χ2v) is 10.4. The van der Waals surface area contributed by atoms with Crippen molar-refractivity contribution >= 4 is 64.0 Å². The second-order valence-electron chi connectivity index (χ2n) is 9.39. The van der Waals surface area contributed by atoms with Gasteiger partial charge in [-0.3, -0.25) is 0 Å². The first-order valence-corrected chi connectivity index (χ1v) is 13.2. The lowest BCUT2D eigenvalue weighted by atomic mass is 9.99. The quantitative estimate of drug-likeness (QED) is 0.226. The zero-order valence-corrected chi connectivity index (χ0v) is 20.7. The Balaban J connectivity index is 1.53. The van der Waals surface area contributed by atoms with Crippen LogP contribution in [0.4, 0.5) is 0 Å². The molecule has 0 bridgehead atoms. The van der Waals surface area contributed by atoms with E-state index < -0.39 is 0 Å². The molecule has 37 heavy (non-hydrogen) atoms. The third-order valence-corrected chi connectivity index (χ3v) is 8.47. The molecule has 0 aliphatic carbocycles. The first kappa shape index (κ1) is 20.6. The van der Waals surface area contributed by atoms with Gasteiger partial charge < -0.3 is 0 Å². The van der Waals surface area contributed by atoms with Gasteiger partial charge in [-0.2, -0.15) is 0 Å². The maximum Gasteiger partial charge on any atom is 0.161 e. The molecule has 0 fully saturated rings. The molecule has 0 N–H and O–H groups in total. The average molecular weight is 489 g/mol. The third-order valence-electron chi connectivity index (χ3n) is 7.27. The minimum Gasteiger partial charge on any atom is -0.227 e. The normalized spacial score (nSPS) is 11.8. The summed E-state index contributed by atoms with van der Waals surface area (Å²) in [6.45, 7) is 0. The van der Waals surface area contributed by atoms with Gasteiger partial charge in [-0.15, -0.1) is 11.3 Å². The largest absolute Gasteiger partial charge is 0.227 e. The highest BCUT2D eigenvalue weighted by atomic mass is 32.1. The van der Waals surface area contributed by atoms with Gasteiger partial charge in [0.05, 0.1) is 11.2 Å². The molecule has 0 aliphatic heterocycles. The van der Waals surface area contributed by atoms with Crippen LogP contribution >= 0.6 is 11.3 Å². The van der Waals surface area contributed by atoms with E-state index in [1.54, 1.807) is 0 Å². The number of aromatic nitrogens is 2. The highest BCUT2D eigenvalue weighted by molar-refractivity contribution is 7.26. The van der Waals surface area contributed by atoms with Gasteiger partial charge in [-0.05, 0) is 22.9 Å². The van der Waals surface area contributed by atoms with Crippen LogP contribution in [0.5, 0.6) is 0 Å². The Labute approximate surface area is 217 Å². The standard InChI is InChI=1S/C34H20N2S/c1-2-10-23(11-3-1)31-28-20-17-21-9-4-5-13-24(21)32(28)36-34(35-31)27-15-8-12-22-18-19-26-25-14-6-7-16-29(25)37-33(26)30(22)27/h1-20H. The van der Waals surface area contributed by atoms with Crippen molar-refractivity contribution in [3.63, 3.8) is 0 Å². The molecule has 0 saturated heterocycles. The summed E-state index contributed by atoms with van der Waals surface area (Å²) < 4.78 is 2.59. The zero-order chi connectivity index (χ0) is 24.3. The summed E-state index contributed by atoms with van der Waals surface area (Å²) >= 11 is 1.85. The van der Waals surface area contributed by atoms with Crippen molar-refractivity contribution in [3.05, 3.63) is 121 Å². The van der Waals surface area contributed by atoms with Crippen molar-refractivity contribution in [2.45, 2.75) is 0 Å². The van der Waals surface area contributed by atoms with E-state index in [2.05, 4.69) is 115 Å². The summed E-state index contributed by atoms with van der Waals surface area (Å²) in [5.74, 6) is 0.762. The van der Waals surface area contributed by atoms with Crippen molar-refractivity contribution in [1.82, 2.24) is 9.97 Å². The molecule has 0 saturated carbocycles. The molecule has 0 atom stereocenters. The number of thiophene rings is 1. The molecule has 0 spiro atoms. The summed E-state index contributed by atoms with van der Waals surface area (Å²) in [6, 6.07) is 42.9. The van der Waals surface area contributed by atoms with Crippen LogP contribution in [0.25, 0.3) is 75.3 Å². The van der Waals surface area contributed by atoms with Crippen molar-refractivity contribution in [2.24, 2.45) is 0 Å². The Hall–Kier alpha value is -4.60. The molecule has 172 valence electrons. The van der Waals surface area contributed by atoms with E-state index in [0.717, 1.165) is 38.9 Å². The molecule has 0 amide bonds. The molecule has 0 aliphatic rings. The number of hydrogen-bond donors (Lipinski definition) is 0. The van der Waals surface area contributed by atoms with E-state index in [0.29, 0.717) is 0 Å². The van der Waals surface area contributed by atoms with Gasteiger partial charge in [0.2, 0.25) is 0 Å². The van der Waals surface area contributed by atoms with Crippen LogP contribution in [0, 0.1) is 0 Å². The highest BCUT2D eigenvalue weighted by Gasteiger charge is 2.17. The minimum absolute atomic E-state index is 0.762. The molecule has 3 heteroatoms. The molecule has 6 aromatic carbocycles. The fourth-order valence-corrected chi connectivity index (χ4v) is 6.81. The van der Waals surface area contributed by atoms with E-state index in [4.69, 9.17) is 9.97 Å². The number of hydrogen-bond acceptors (Lipinski definition) is 3. The summed E-state index contributed by atoms with van der Waals surface area (Å²) in [4.78, 5) is 10.5. The first-order valence-electron chi connectivity index (χ1n) is 12.4. The van der Waals surface area contributed by atoms with Crippen molar-refractivity contribution in [1.29, 1.82) is 0 Å². The summed E-state index contributed by atoms with van der Waals surface area (Å²) in [6.07, 6.45) is 0. The van der Waals surface area contributed by atoms with Gasteiger partial charge in [-0.25, -0.2) is 9.97 Å². The second kappa shape index (κ2) is 7.95. The molecule has 0 unspecified atom stereocenters. The lowest BCUT2D eigenvalue weighted by Gasteiger charge is -2.13. The third kappa shape index (κ3) is 3.11. The lowest BCUT2D eigenvalue weighted by Crippen LogP contribution is -1.96. The smallest absolute Gasteiger partial charge is 0.161 e. The van der Waals surface area contributed by atoms with Crippen LogP contribution in [0.15, 0.2) is 121 Å². The Kier molecular flexibility index (Phi) is 4.42. The number of rotatable bonds is 2. The predicted octanol–water partition coefficient (Wildman–Crippen LogP) is 9.64. The van der Waals surface area contributed by atoms with E-state index in [1.165, 1.54) is 36.3 Å². The van der Waals surface area contributed by atoms with Gasteiger partial charge in [0.25, 0.3) is 0 Å². The first-order chi connectivity index (χ1) is 18.3. The maximum absolute atomic E-state index is 5.26. The van der Waals surface area contributed by atoms with Gasteiger partial charge in [0.1, 0.15) is 0 Å². The molecule has 8 rings (SSSR count). The zero-order valence-electron chi connectivity index (χ0n) is 19.8. The van der Waals surface area contributed by atoms with Gasteiger partial charge in [0.15, 0.2) is 5.82 Å².